The summed E-state index contributed by atoms with van der Waals surface area (Å²) in [6.45, 7) is 0. The van der Waals surface area contributed by atoms with Crippen molar-refractivity contribution in [3.8, 4) is 0 Å². The molecule has 0 fully saturated rings. The van der Waals surface area contributed by atoms with Gasteiger partial charge in [-0.25, -0.2) is 4.98 Å². The van der Waals surface area contributed by atoms with Gasteiger partial charge in [-0.3, -0.25) is 4.98 Å². The molecule has 2 aromatic heterocycles. The van der Waals surface area contributed by atoms with Gasteiger partial charge in [-0.15, -0.1) is 0 Å². The van der Waals surface area contributed by atoms with Crippen molar-refractivity contribution in [3.05, 3.63) is 84.3 Å². The van der Waals surface area contributed by atoms with Crippen molar-refractivity contribution in [3.63, 3.8) is 0 Å². The highest BCUT2D eigenvalue weighted by molar-refractivity contribution is 5.79. The van der Waals surface area contributed by atoms with Crippen molar-refractivity contribution in [1.29, 1.82) is 0 Å². The molecule has 0 aliphatic carbocycles. The second kappa shape index (κ2) is 5.93. The smallest absolute Gasteiger partial charge is 0.0709 e. The van der Waals surface area contributed by atoms with Gasteiger partial charge in [0.2, 0.25) is 0 Å². The van der Waals surface area contributed by atoms with Gasteiger partial charge in [-0.1, -0.05) is 42.5 Å². The number of pyridine rings is 2. The number of rotatable bonds is 3. The highest BCUT2D eigenvalue weighted by Gasteiger charge is 1.93. The fourth-order valence-corrected chi connectivity index (χ4v) is 1.96. The van der Waals surface area contributed by atoms with Gasteiger partial charge in [0.05, 0.1) is 16.9 Å². The predicted molar refractivity (Wildman–Crippen MR) is 84.0 cm³/mol. The van der Waals surface area contributed by atoms with Gasteiger partial charge in [0, 0.05) is 11.6 Å². The number of allylic oxidation sites excluding steroid dienone is 2. The van der Waals surface area contributed by atoms with E-state index in [2.05, 4.69) is 22.1 Å². The summed E-state index contributed by atoms with van der Waals surface area (Å²) >= 11 is 0. The summed E-state index contributed by atoms with van der Waals surface area (Å²) in [5.74, 6) is 0. The molecule has 2 heteroatoms. The monoisotopic (exact) mass is 258 g/mol. The zero-order chi connectivity index (χ0) is 13.6. The van der Waals surface area contributed by atoms with Gasteiger partial charge in [-0.05, 0) is 36.4 Å². The molecule has 0 saturated heterocycles. The van der Waals surface area contributed by atoms with Crippen molar-refractivity contribution in [2.45, 2.75) is 0 Å². The van der Waals surface area contributed by atoms with Crippen LogP contribution in [0, 0.1) is 0 Å². The minimum atomic E-state index is 0.948. The Labute approximate surface area is 118 Å². The first-order chi connectivity index (χ1) is 9.92. The van der Waals surface area contributed by atoms with Gasteiger partial charge >= 0.3 is 0 Å². The molecule has 0 N–H and O–H groups in total. The Morgan fingerprint density at radius 3 is 2.35 bits per heavy atom. The summed E-state index contributed by atoms with van der Waals surface area (Å²) in [4.78, 5) is 8.81. The van der Waals surface area contributed by atoms with Gasteiger partial charge in [0.25, 0.3) is 0 Å². The molecule has 0 saturated carbocycles. The summed E-state index contributed by atoms with van der Waals surface area (Å²) in [5.41, 5.74) is 2.92. The van der Waals surface area contributed by atoms with Crippen LogP contribution < -0.4 is 0 Å². The lowest BCUT2D eigenvalue weighted by Crippen LogP contribution is -1.82. The van der Waals surface area contributed by atoms with Crippen LogP contribution in [0.4, 0.5) is 0 Å². The molecule has 3 rings (SSSR count). The molecule has 96 valence electrons. The summed E-state index contributed by atoms with van der Waals surface area (Å²) in [5, 5.41) is 1.16. The zero-order valence-electron chi connectivity index (χ0n) is 11.0. The van der Waals surface area contributed by atoms with Crippen molar-refractivity contribution in [1.82, 2.24) is 9.97 Å². The SMILES string of the molecule is C(C=Cc1ccc2ccccc2n1)=Cc1ccccn1. The average molecular weight is 258 g/mol. The summed E-state index contributed by atoms with van der Waals surface area (Å²) in [6.07, 6.45) is 9.70. The highest BCUT2D eigenvalue weighted by Crippen LogP contribution is 2.12. The van der Waals surface area contributed by atoms with E-state index in [-0.39, 0.29) is 0 Å². The first-order valence-corrected chi connectivity index (χ1v) is 6.53. The molecular formula is C18H14N2. The largest absolute Gasteiger partial charge is 0.257 e. The maximum Gasteiger partial charge on any atom is 0.0709 e. The lowest BCUT2D eigenvalue weighted by atomic mass is 10.2. The maximum atomic E-state index is 4.58. The van der Waals surface area contributed by atoms with Crippen LogP contribution in [0.5, 0.6) is 0 Å². The van der Waals surface area contributed by atoms with Gasteiger partial charge in [-0.2, -0.15) is 0 Å². The molecule has 0 atom stereocenters. The minimum absolute atomic E-state index is 0.948. The molecule has 0 aliphatic rings. The van der Waals surface area contributed by atoms with Crippen LogP contribution >= 0.6 is 0 Å². The van der Waals surface area contributed by atoms with Crippen LogP contribution in [0.2, 0.25) is 0 Å². The first kappa shape index (κ1) is 12.3. The van der Waals surface area contributed by atoms with Crippen LogP contribution in [0.3, 0.4) is 0 Å². The summed E-state index contributed by atoms with van der Waals surface area (Å²) in [6, 6.07) is 18.1. The molecule has 3 aromatic rings. The minimum Gasteiger partial charge on any atom is -0.257 e. The van der Waals surface area contributed by atoms with E-state index in [1.54, 1.807) is 6.20 Å². The van der Waals surface area contributed by atoms with E-state index in [0.717, 1.165) is 22.3 Å². The number of hydrogen-bond acceptors (Lipinski definition) is 2. The number of hydrogen-bond donors (Lipinski definition) is 0. The van der Waals surface area contributed by atoms with E-state index in [9.17, 15) is 0 Å². The molecule has 0 radical (unpaired) electrons. The summed E-state index contributed by atoms with van der Waals surface area (Å²) < 4.78 is 0. The zero-order valence-corrected chi connectivity index (χ0v) is 11.0. The van der Waals surface area contributed by atoms with Gasteiger partial charge in [0.1, 0.15) is 0 Å². The van der Waals surface area contributed by atoms with E-state index < -0.39 is 0 Å². The lowest BCUT2D eigenvalue weighted by Gasteiger charge is -1.97. The molecule has 0 amide bonds. The highest BCUT2D eigenvalue weighted by atomic mass is 14.7. The van der Waals surface area contributed by atoms with Gasteiger partial charge in [0.15, 0.2) is 0 Å². The van der Waals surface area contributed by atoms with Crippen LogP contribution in [0.1, 0.15) is 11.4 Å². The quantitative estimate of drug-likeness (QED) is 0.652. The Morgan fingerprint density at radius 1 is 0.700 bits per heavy atom. The second-order valence-electron chi connectivity index (χ2n) is 4.40. The number of benzene rings is 1. The predicted octanol–water partition coefficient (Wildman–Crippen LogP) is 4.36. The van der Waals surface area contributed by atoms with Crippen molar-refractivity contribution < 1.29 is 0 Å². The molecular weight excluding hydrogens is 244 g/mol. The standard InChI is InChI=1S/C18H14N2/c1-4-11-18-15(7-1)12-13-17(20-18)10-3-2-8-16-9-5-6-14-19-16/h1-14H. The Balaban J connectivity index is 1.76. The normalized spacial score (nSPS) is 11.6. The molecule has 1 aromatic carbocycles. The molecule has 2 heterocycles. The number of nitrogens with zero attached hydrogens (tertiary/aromatic N) is 2. The van der Waals surface area contributed by atoms with E-state index in [1.165, 1.54) is 0 Å². The van der Waals surface area contributed by atoms with Crippen molar-refractivity contribution in [2.24, 2.45) is 0 Å². The third-order valence-corrected chi connectivity index (χ3v) is 2.95. The topological polar surface area (TPSA) is 25.8 Å². The Morgan fingerprint density at radius 2 is 1.50 bits per heavy atom. The molecule has 0 bridgehead atoms. The Hall–Kier alpha value is -2.74. The number of para-hydroxylation sites is 1. The van der Waals surface area contributed by atoms with Crippen molar-refractivity contribution in [2.75, 3.05) is 0 Å². The fourth-order valence-electron chi connectivity index (χ4n) is 1.96. The van der Waals surface area contributed by atoms with Crippen LogP contribution in [-0.4, -0.2) is 9.97 Å². The van der Waals surface area contributed by atoms with Crippen LogP contribution in [0.15, 0.2) is 72.9 Å². The third kappa shape index (κ3) is 2.98. The van der Waals surface area contributed by atoms with Crippen LogP contribution in [0.25, 0.3) is 23.1 Å². The maximum absolute atomic E-state index is 4.58. The second-order valence-corrected chi connectivity index (χ2v) is 4.40. The van der Waals surface area contributed by atoms with Gasteiger partial charge < -0.3 is 0 Å². The summed E-state index contributed by atoms with van der Waals surface area (Å²) in [7, 11) is 0. The first-order valence-electron chi connectivity index (χ1n) is 6.53. The Bertz CT molecular complexity index is 758. The Kier molecular flexibility index (Phi) is 3.65. The molecule has 0 aliphatic heterocycles. The molecule has 0 spiro atoms. The number of fused-ring (bicyclic) bond motifs is 1. The fraction of sp³-hybridized carbons (Fsp3) is 0. The van der Waals surface area contributed by atoms with E-state index in [0.29, 0.717) is 0 Å². The molecule has 2 nitrogen and oxygen atoms in total. The van der Waals surface area contributed by atoms with Crippen LogP contribution in [-0.2, 0) is 0 Å². The molecule has 20 heavy (non-hydrogen) atoms. The average Bonchev–Trinajstić information content (AvgIpc) is 2.52. The molecule has 0 unspecified atom stereocenters. The number of aromatic nitrogens is 2. The van der Waals surface area contributed by atoms with Crippen molar-refractivity contribution >= 4 is 23.1 Å². The third-order valence-electron chi connectivity index (χ3n) is 2.95. The van der Waals surface area contributed by atoms with E-state index in [4.69, 9.17) is 0 Å². The van der Waals surface area contributed by atoms with E-state index >= 15 is 0 Å². The van der Waals surface area contributed by atoms with E-state index in [1.807, 2.05) is 66.8 Å². The lowest BCUT2D eigenvalue weighted by molar-refractivity contribution is 1.30.